The quantitative estimate of drug-likeness (QED) is 0.901. The van der Waals surface area contributed by atoms with Crippen LogP contribution in [0.25, 0.3) is 0 Å². The Morgan fingerprint density at radius 1 is 1.00 bits per heavy atom. The zero-order chi connectivity index (χ0) is 16.4. The molecule has 1 unspecified atom stereocenters. The number of carbonyl (C=O) groups excluding carboxylic acids is 1. The summed E-state index contributed by atoms with van der Waals surface area (Å²) in [5.74, 6) is -1.63. The van der Waals surface area contributed by atoms with E-state index in [-0.39, 0.29) is 10.7 Å². The Morgan fingerprint density at radius 3 is 2.09 bits per heavy atom. The summed E-state index contributed by atoms with van der Waals surface area (Å²) in [6.45, 7) is 0. The molecule has 0 aromatic heterocycles. The predicted octanol–water partition coefficient (Wildman–Crippen LogP) is 3.73. The lowest BCUT2D eigenvalue weighted by Crippen LogP contribution is -2.52. The number of halogens is 4. The molecule has 2 rings (SSSR count). The Morgan fingerprint density at radius 2 is 1.55 bits per heavy atom. The minimum absolute atomic E-state index is 0.0206. The smallest absolute Gasteiger partial charge is 0.368 e. The van der Waals surface area contributed by atoms with Gasteiger partial charge in [-0.25, -0.2) is 0 Å². The molecule has 0 bridgehead atoms. The number of anilines is 1. The fraction of sp³-hybridized carbons (Fsp3) is 0.133. The van der Waals surface area contributed by atoms with Gasteiger partial charge in [-0.1, -0.05) is 54.1 Å². The van der Waals surface area contributed by atoms with Crippen LogP contribution in [0, 0.1) is 0 Å². The van der Waals surface area contributed by atoms with Crippen molar-refractivity contribution in [3.05, 3.63) is 65.2 Å². The summed E-state index contributed by atoms with van der Waals surface area (Å²) >= 11 is 5.80. The van der Waals surface area contributed by atoms with E-state index in [1.54, 1.807) is 6.07 Å². The molecule has 1 atom stereocenters. The highest BCUT2D eigenvalue weighted by atomic mass is 35.5. The Hall–Kier alpha value is -2.05. The van der Waals surface area contributed by atoms with Crippen molar-refractivity contribution in [1.82, 2.24) is 0 Å². The second-order valence-electron chi connectivity index (χ2n) is 4.51. The highest BCUT2D eigenvalue weighted by Gasteiger charge is 2.60. The van der Waals surface area contributed by atoms with Gasteiger partial charge in [-0.05, 0) is 12.1 Å². The standard InChI is InChI=1S/C15H11ClF3NO2/c16-11-8-4-5-9-12(11)20-13(21)14(22,15(17,18)19)10-6-2-1-3-7-10/h1-9,22H,(H,20,21). The zero-order valence-corrected chi connectivity index (χ0v) is 11.8. The van der Waals surface area contributed by atoms with Crippen LogP contribution in [0.3, 0.4) is 0 Å². The molecule has 0 saturated heterocycles. The van der Waals surface area contributed by atoms with Crippen LogP contribution < -0.4 is 5.32 Å². The van der Waals surface area contributed by atoms with E-state index in [2.05, 4.69) is 0 Å². The number of hydrogen-bond donors (Lipinski definition) is 2. The molecule has 22 heavy (non-hydrogen) atoms. The van der Waals surface area contributed by atoms with Gasteiger partial charge >= 0.3 is 6.18 Å². The number of carbonyl (C=O) groups is 1. The molecule has 2 aromatic carbocycles. The monoisotopic (exact) mass is 329 g/mol. The van der Waals surface area contributed by atoms with Crippen molar-refractivity contribution in [3.8, 4) is 0 Å². The molecule has 0 aliphatic heterocycles. The van der Waals surface area contributed by atoms with Crippen molar-refractivity contribution in [2.45, 2.75) is 11.8 Å². The molecule has 0 aliphatic rings. The minimum Gasteiger partial charge on any atom is -0.368 e. The van der Waals surface area contributed by atoms with Crippen LogP contribution in [0.4, 0.5) is 18.9 Å². The van der Waals surface area contributed by atoms with Gasteiger partial charge in [-0.15, -0.1) is 0 Å². The van der Waals surface area contributed by atoms with Crippen LogP contribution >= 0.6 is 11.6 Å². The van der Waals surface area contributed by atoms with Gasteiger partial charge in [0, 0.05) is 5.56 Å². The lowest BCUT2D eigenvalue weighted by Gasteiger charge is -2.29. The van der Waals surface area contributed by atoms with E-state index < -0.39 is 23.2 Å². The summed E-state index contributed by atoms with van der Waals surface area (Å²) in [4.78, 5) is 12.1. The van der Waals surface area contributed by atoms with E-state index in [0.29, 0.717) is 0 Å². The van der Waals surface area contributed by atoms with Crippen LogP contribution in [0.1, 0.15) is 5.56 Å². The number of amides is 1. The minimum atomic E-state index is -5.19. The lowest BCUT2D eigenvalue weighted by atomic mass is 9.92. The topological polar surface area (TPSA) is 49.3 Å². The van der Waals surface area contributed by atoms with Crippen LogP contribution in [-0.2, 0) is 10.4 Å². The van der Waals surface area contributed by atoms with Gasteiger partial charge in [0.25, 0.3) is 11.5 Å². The van der Waals surface area contributed by atoms with E-state index in [1.165, 1.54) is 36.4 Å². The molecule has 0 aliphatic carbocycles. The Bertz CT molecular complexity index is 676. The largest absolute Gasteiger partial charge is 0.430 e. The fourth-order valence-corrected chi connectivity index (χ4v) is 2.06. The van der Waals surface area contributed by atoms with Crippen LogP contribution in [0.2, 0.25) is 5.02 Å². The van der Waals surface area contributed by atoms with Gasteiger partial charge in [0.1, 0.15) is 0 Å². The van der Waals surface area contributed by atoms with Gasteiger partial charge in [0.2, 0.25) is 0 Å². The maximum absolute atomic E-state index is 13.3. The SMILES string of the molecule is O=C(Nc1ccccc1Cl)C(O)(c1ccccc1)C(F)(F)F. The number of para-hydroxylation sites is 1. The first-order valence-electron chi connectivity index (χ1n) is 6.17. The molecule has 1 amide bonds. The number of rotatable bonds is 3. The molecule has 116 valence electrons. The van der Waals surface area contributed by atoms with E-state index >= 15 is 0 Å². The predicted molar refractivity (Wildman–Crippen MR) is 76.5 cm³/mol. The molecule has 2 aromatic rings. The normalized spacial score (nSPS) is 14.2. The molecule has 2 N–H and O–H groups in total. The van der Waals surface area contributed by atoms with E-state index in [1.807, 2.05) is 5.32 Å². The third-order valence-electron chi connectivity index (χ3n) is 3.05. The number of benzene rings is 2. The second kappa shape index (κ2) is 5.98. The summed E-state index contributed by atoms with van der Waals surface area (Å²) in [5, 5.41) is 12.1. The lowest BCUT2D eigenvalue weighted by molar-refractivity contribution is -0.254. The summed E-state index contributed by atoms with van der Waals surface area (Å²) in [5.41, 5.74) is -4.27. The van der Waals surface area contributed by atoms with Crippen molar-refractivity contribution < 1.29 is 23.1 Å². The number of hydrogen-bond acceptors (Lipinski definition) is 2. The first-order chi connectivity index (χ1) is 10.3. The van der Waals surface area contributed by atoms with Crippen molar-refractivity contribution in [2.24, 2.45) is 0 Å². The molecular formula is C15H11ClF3NO2. The van der Waals surface area contributed by atoms with E-state index in [9.17, 15) is 23.1 Å². The molecule has 0 heterocycles. The van der Waals surface area contributed by atoms with Gasteiger partial charge in [-0.2, -0.15) is 13.2 Å². The van der Waals surface area contributed by atoms with Gasteiger partial charge < -0.3 is 10.4 Å². The van der Waals surface area contributed by atoms with Crippen molar-refractivity contribution in [2.75, 3.05) is 5.32 Å². The molecule has 0 fully saturated rings. The Balaban J connectivity index is 2.43. The maximum atomic E-state index is 13.3. The first-order valence-corrected chi connectivity index (χ1v) is 6.55. The molecule has 0 saturated carbocycles. The maximum Gasteiger partial charge on any atom is 0.430 e. The van der Waals surface area contributed by atoms with Gasteiger partial charge in [0.05, 0.1) is 10.7 Å². The number of alkyl halides is 3. The van der Waals surface area contributed by atoms with Gasteiger partial charge in [0.15, 0.2) is 0 Å². The highest BCUT2D eigenvalue weighted by Crippen LogP contribution is 2.40. The first kappa shape index (κ1) is 16.3. The fourth-order valence-electron chi connectivity index (χ4n) is 1.88. The summed E-state index contributed by atoms with van der Waals surface area (Å²) in [6.07, 6.45) is -5.19. The average Bonchev–Trinajstić information content (AvgIpc) is 2.48. The zero-order valence-electron chi connectivity index (χ0n) is 11.1. The average molecular weight is 330 g/mol. The van der Waals surface area contributed by atoms with Crippen molar-refractivity contribution in [1.29, 1.82) is 0 Å². The van der Waals surface area contributed by atoms with Crippen LogP contribution in [0.5, 0.6) is 0 Å². The summed E-state index contributed by atoms with van der Waals surface area (Å²) < 4.78 is 39.9. The van der Waals surface area contributed by atoms with Crippen LogP contribution in [0.15, 0.2) is 54.6 Å². The van der Waals surface area contributed by atoms with E-state index in [0.717, 1.165) is 12.1 Å². The summed E-state index contributed by atoms with van der Waals surface area (Å²) in [6, 6.07) is 11.9. The van der Waals surface area contributed by atoms with Crippen molar-refractivity contribution in [3.63, 3.8) is 0 Å². The molecule has 7 heteroatoms. The summed E-state index contributed by atoms with van der Waals surface area (Å²) in [7, 11) is 0. The van der Waals surface area contributed by atoms with Crippen molar-refractivity contribution >= 4 is 23.2 Å². The molecule has 0 spiro atoms. The molecular weight excluding hydrogens is 319 g/mol. The number of nitrogens with one attached hydrogen (secondary N) is 1. The molecule has 3 nitrogen and oxygen atoms in total. The third-order valence-corrected chi connectivity index (χ3v) is 3.38. The van der Waals surface area contributed by atoms with Crippen LogP contribution in [-0.4, -0.2) is 17.2 Å². The number of aliphatic hydroxyl groups is 1. The third kappa shape index (κ3) is 2.93. The van der Waals surface area contributed by atoms with E-state index in [4.69, 9.17) is 11.6 Å². The Kier molecular flexibility index (Phi) is 4.44. The Labute approximate surface area is 129 Å². The highest BCUT2D eigenvalue weighted by molar-refractivity contribution is 6.33. The second-order valence-corrected chi connectivity index (χ2v) is 4.92. The molecule has 0 radical (unpaired) electrons. The van der Waals surface area contributed by atoms with Gasteiger partial charge in [-0.3, -0.25) is 4.79 Å².